The number of nitrogens with one attached hydrogen (secondary N) is 2. The second kappa shape index (κ2) is 11.5. The Balaban J connectivity index is 1.54. The molecule has 0 aliphatic rings. The first kappa shape index (κ1) is 27.0. The molecule has 1 amide bonds. The van der Waals surface area contributed by atoms with Crippen molar-refractivity contribution in [3.8, 4) is 11.8 Å². The van der Waals surface area contributed by atoms with Crippen molar-refractivity contribution in [3.05, 3.63) is 95.6 Å². The van der Waals surface area contributed by atoms with Gasteiger partial charge < -0.3 is 10.6 Å². The molecule has 0 heterocycles. The molecule has 6 heteroatoms. The van der Waals surface area contributed by atoms with E-state index in [-0.39, 0.29) is 11.9 Å². The molecule has 3 aromatic rings. The number of fused-ring (bicyclic) bond motifs is 1. The van der Waals surface area contributed by atoms with Crippen LogP contribution >= 0.6 is 0 Å². The summed E-state index contributed by atoms with van der Waals surface area (Å²) in [6.07, 6.45) is -0.833. The highest BCUT2D eigenvalue weighted by Crippen LogP contribution is 2.31. The zero-order valence-corrected chi connectivity index (χ0v) is 20.9. The third-order valence-electron chi connectivity index (χ3n) is 6.05. The van der Waals surface area contributed by atoms with Crippen molar-refractivity contribution >= 4 is 16.7 Å². The molecule has 0 saturated heterocycles. The van der Waals surface area contributed by atoms with Crippen LogP contribution in [0, 0.1) is 17.3 Å². The van der Waals surface area contributed by atoms with Gasteiger partial charge in [0.25, 0.3) is 0 Å². The highest BCUT2D eigenvalue weighted by atomic mass is 19.4. The van der Waals surface area contributed by atoms with E-state index >= 15 is 0 Å². The third-order valence-corrected chi connectivity index (χ3v) is 6.05. The molecule has 2 atom stereocenters. The standard InChI is InChI=1S/C30H31F3N2O/c1-21(24-14-10-15-25(20-24)30(31,32)33)35-28(36)29(3,4)18-8-5-9-19-34-22(2)26-17-11-13-23-12-6-7-16-27(23)26/h5-7,9-17,20-22,34H,19H2,1-4H3,(H,35,36)/b9-5+/t21-,22+/m0/s1. The van der Waals surface area contributed by atoms with E-state index in [2.05, 4.69) is 59.7 Å². The van der Waals surface area contributed by atoms with E-state index < -0.39 is 23.2 Å². The Morgan fingerprint density at radius 1 is 0.972 bits per heavy atom. The van der Waals surface area contributed by atoms with E-state index in [9.17, 15) is 18.0 Å². The van der Waals surface area contributed by atoms with Gasteiger partial charge in [0, 0.05) is 12.6 Å². The quantitative estimate of drug-likeness (QED) is 0.350. The number of allylic oxidation sites excluding steroid dienone is 1. The number of carbonyl (C=O) groups excluding carboxylic acids is 1. The predicted octanol–water partition coefficient (Wildman–Crippen LogP) is 6.97. The molecule has 188 valence electrons. The summed E-state index contributed by atoms with van der Waals surface area (Å²) in [4.78, 5) is 12.7. The van der Waals surface area contributed by atoms with Gasteiger partial charge in [-0.1, -0.05) is 72.5 Å². The minimum Gasteiger partial charge on any atom is -0.348 e. The van der Waals surface area contributed by atoms with Gasteiger partial charge in [0.2, 0.25) is 5.91 Å². The van der Waals surface area contributed by atoms with Crippen molar-refractivity contribution in [1.29, 1.82) is 0 Å². The molecule has 0 unspecified atom stereocenters. The maximum absolute atomic E-state index is 13.0. The maximum atomic E-state index is 13.0. The van der Waals surface area contributed by atoms with Crippen LogP contribution in [-0.2, 0) is 11.0 Å². The number of carbonyl (C=O) groups is 1. The lowest BCUT2D eigenvalue weighted by Crippen LogP contribution is -2.37. The second-order valence-electron chi connectivity index (χ2n) is 9.31. The van der Waals surface area contributed by atoms with Gasteiger partial charge in [0.1, 0.15) is 5.41 Å². The first-order valence-corrected chi connectivity index (χ1v) is 11.9. The molecule has 0 radical (unpaired) electrons. The number of hydrogen-bond acceptors (Lipinski definition) is 2. The van der Waals surface area contributed by atoms with Crippen molar-refractivity contribution in [2.24, 2.45) is 5.41 Å². The van der Waals surface area contributed by atoms with Gasteiger partial charge in [-0.3, -0.25) is 4.79 Å². The summed E-state index contributed by atoms with van der Waals surface area (Å²) in [6.45, 7) is 7.74. The maximum Gasteiger partial charge on any atom is 0.416 e. The van der Waals surface area contributed by atoms with Crippen LogP contribution in [0.25, 0.3) is 10.8 Å². The average molecular weight is 493 g/mol. The molecule has 3 rings (SSSR count). The van der Waals surface area contributed by atoms with E-state index in [1.807, 2.05) is 18.2 Å². The summed E-state index contributed by atoms with van der Waals surface area (Å²) in [5.41, 5.74) is -0.147. The van der Waals surface area contributed by atoms with Crippen molar-refractivity contribution in [3.63, 3.8) is 0 Å². The fourth-order valence-electron chi connectivity index (χ4n) is 3.82. The predicted molar refractivity (Wildman–Crippen MR) is 139 cm³/mol. The summed E-state index contributed by atoms with van der Waals surface area (Å²) in [6, 6.07) is 19.1. The van der Waals surface area contributed by atoms with Crippen molar-refractivity contribution in [2.75, 3.05) is 6.54 Å². The zero-order valence-electron chi connectivity index (χ0n) is 20.9. The van der Waals surface area contributed by atoms with E-state index in [1.54, 1.807) is 32.9 Å². The fourth-order valence-corrected chi connectivity index (χ4v) is 3.82. The van der Waals surface area contributed by atoms with Gasteiger partial charge in [-0.05, 0) is 67.8 Å². The molecule has 0 fully saturated rings. The fraction of sp³-hybridized carbons (Fsp3) is 0.300. The molecule has 0 aliphatic carbocycles. The van der Waals surface area contributed by atoms with Crippen LogP contribution in [0.2, 0.25) is 0 Å². The normalized spacial score (nSPS) is 13.8. The monoisotopic (exact) mass is 492 g/mol. The number of amides is 1. The summed E-state index contributed by atoms with van der Waals surface area (Å²) in [5, 5.41) is 8.65. The van der Waals surface area contributed by atoms with Gasteiger partial charge >= 0.3 is 6.18 Å². The molecule has 2 N–H and O–H groups in total. The number of hydrogen-bond donors (Lipinski definition) is 2. The number of alkyl halides is 3. The Hall–Kier alpha value is -3.56. The summed E-state index contributed by atoms with van der Waals surface area (Å²) >= 11 is 0. The molecular formula is C30H31F3N2O. The van der Waals surface area contributed by atoms with E-state index in [4.69, 9.17) is 0 Å². The molecule has 3 nitrogen and oxygen atoms in total. The van der Waals surface area contributed by atoms with Crippen LogP contribution in [0.4, 0.5) is 13.2 Å². The molecule has 0 spiro atoms. The van der Waals surface area contributed by atoms with Gasteiger partial charge in [-0.25, -0.2) is 0 Å². The van der Waals surface area contributed by atoms with Crippen molar-refractivity contribution < 1.29 is 18.0 Å². The molecule has 0 aliphatic heterocycles. The molecule has 0 saturated carbocycles. The minimum atomic E-state index is -4.43. The van der Waals surface area contributed by atoms with Gasteiger partial charge in [0.05, 0.1) is 11.6 Å². The summed E-state index contributed by atoms with van der Waals surface area (Å²) in [5.74, 6) is 5.50. The molecule has 36 heavy (non-hydrogen) atoms. The lowest BCUT2D eigenvalue weighted by molar-refractivity contribution is -0.137. The summed E-state index contributed by atoms with van der Waals surface area (Å²) in [7, 11) is 0. The largest absolute Gasteiger partial charge is 0.416 e. The molecule has 0 bridgehead atoms. The van der Waals surface area contributed by atoms with Gasteiger partial charge in [-0.2, -0.15) is 13.2 Å². The first-order valence-electron chi connectivity index (χ1n) is 11.9. The SMILES string of the molecule is C[C@H](NC(=O)C(C)(C)C#C/C=C/CN[C@H](C)c1cccc2ccccc12)c1cccc(C(F)(F)F)c1. The van der Waals surface area contributed by atoms with Crippen molar-refractivity contribution in [1.82, 2.24) is 10.6 Å². The van der Waals surface area contributed by atoms with Crippen LogP contribution in [0.15, 0.2) is 78.9 Å². The Labute approximate surface area is 210 Å². The van der Waals surface area contributed by atoms with Crippen molar-refractivity contribution in [2.45, 2.75) is 46.0 Å². The Kier molecular flexibility index (Phi) is 8.60. The zero-order chi connectivity index (χ0) is 26.3. The number of halogens is 3. The van der Waals surface area contributed by atoms with Crippen LogP contribution in [-0.4, -0.2) is 12.5 Å². The number of rotatable bonds is 7. The van der Waals surface area contributed by atoms with Crippen LogP contribution in [0.1, 0.15) is 56.5 Å². The second-order valence-corrected chi connectivity index (χ2v) is 9.31. The van der Waals surface area contributed by atoms with Gasteiger partial charge in [-0.15, -0.1) is 0 Å². The molecule has 3 aromatic carbocycles. The Morgan fingerprint density at radius 2 is 1.67 bits per heavy atom. The summed E-state index contributed by atoms with van der Waals surface area (Å²) < 4.78 is 39.0. The highest BCUT2D eigenvalue weighted by molar-refractivity contribution is 5.86. The third kappa shape index (κ3) is 6.99. The first-order chi connectivity index (χ1) is 17.0. The lowest BCUT2D eigenvalue weighted by Gasteiger charge is -2.22. The smallest absolute Gasteiger partial charge is 0.348 e. The van der Waals surface area contributed by atoms with Crippen LogP contribution < -0.4 is 10.6 Å². The van der Waals surface area contributed by atoms with Crippen LogP contribution in [0.5, 0.6) is 0 Å². The number of benzene rings is 3. The Bertz CT molecular complexity index is 1290. The van der Waals surface area contributed by atoms with E-state index in [1.165, 1.54) is 22.4 Å². The molecular weight excluding hydrogens is 461 g/mol. The average Bonchev–Trinajstić information content (AvgIpc) is 2.85. The Morgan fingerprint density at radius 3 is 2.42 bits per heavy atom. The van der Waals surface area contributed by atoms with Crippen LogP contribution in [0.3, 0.4) is 0 Å². The van der Waals surface area contributed by atoms with Gasteiger partial charge in [0.15, 0.2) is 0 Å². The minimum absolute atomic E-state index is 0.147. The van der Waals surface area contributed by atoms with E-state index in [0.29, 0.717) is 12.1 Å². The highest BCUT2D eigenvalue weighted by Gasteiger charge is 2.31. The topological polar surface area (TPSA) is 41.1 Å². The van der Waals surface area contributed by atoms with E-state index in [0.717, 1.165) is 12.1 Å². The lowest BCUT2D eigenvalue weighted by atomic mass is 9.92. The molecule has 0 aromatic heterocycles.